The van der Waals surface area contributed by atoms with Gasteiger partial charge in [-0.25, -0.2) is 15.0 Å². The molecule has 320 valence electrons. The minimum atomic E-state index is 0.189. The molecule has 0 radical (unpaired) electrons. The molecule has 10 aliphatic carbocycles. The summed E-state index contributed by atoms with van der Waals surface area (Å²) in [5.74, 6) is 7.70. The number of rotatable bonds is 7. The molecule has 6 aromatic carbocycles. The Balaban J connectivity index is 0.835. The topological polar surface area (TPSA) is 38.7 Å². The third kappa shape index (κ3) is 5.89. The number of hydrogen-bond acceptors (Lipinski definition) is 3. The van der Waals surface area contributed by atoms with Crippen LogP contribution in [0.5, 0.6) is 0 Å². The normalized spacial score (nSPS) is 30.2. The Labute approximate surface area is 384 Å². The summed E-state index contributed by atoms with van der Waals surface area (Å²) in [6.45, 7) is 0. The minimum absolute atomic E-state index is 0.189. The van der Waals surface area contributed by atoms with E-state index in [1.54, 1.807) is 11.1 Å². The molecule has 1 aromatic heterocycles. The zero-order chi connectivity index (χ0) is 42.5. The standard InChI is InChI=1S/C62H57N3/c1-2-8-44(9-3-1)57-63-58(48-12-6-10-45(26-48)47-16-17-54-53-14-4-5-15-55(53)62(18-19-62)56(54)30-47)65-59(64-57)49-13-7-11-46(27-49)50-28-51(60-32-38-20-39(33-60)22-40(21-38)34-60)31-52(29-50)61-35-41-23-42(36-61)25-43(24-41)37-61/h1-17,26-31,38-43H,18-25,32-37H2. The molecule has 17 rings (SSSR count). The third-order valence-corrected chi connectivity index (χ3v) is 18.8. The molecule has 10 aliphatic rings. The van der Waals surface area contributed by atoms with Crippen molar-refractivity contribution in [3.8, 4) is 67.5 Å². The van der Waals surface area contributed by atoms with E-state index in [9.17, 15) is 0 Å². The molecule has 1 spiro atoms. The molecule has 0 unspecified atom stereocenters. The SMILES string of the molecule is c1ccc(-c2nc(-c3cccc(-c4cc(C56CC7CC(CC(C7)C5)C6)cc(C56CC7CC(CC(C7)C5)C6)c4)c3)nc(-c3cccc(-c4ccc5c(c4)C4(CC4)c4ccccc4-5)c3)n2)cc1. The molecule has 3 nitrogen and oxygen atoms in total. The third-order valence-electron chi connectivity index (χ3n) is 18.8. The highest BCUT2D eigenvalue weighted by Crippen LogP contribution is 2.65. The van der Waals surface area contributed by atoms with E-state index in [0.717, 1.165) is 58.0 Å². The van der Waals surface area contributed by atoms with Gasteiger partial charge in [-0.3, -0.25) is 0 Å². The van der Waals surface area contributed by atoms with Gasteiger partial charge in [-0.05, 0) is 210 Å². The van der Waals surface area contributed by atoms with Gasteiger partial charge in [0.05, 0.1) is 0 Å². The summed E-state index contributed by atoms with van der Waals surface area (Å²) >= 11 is 0. The zero-order valence-corrected chi connectivity index (χ0v) is 37.5. The van der Waals surface area contributed by atoms with E-state index in [1.165, 1.54) is 134 Å². The van der Waals surface area contributed by atoms with Crippen LogP contribution in [0.3, 0.4) is 0 Å². The van der Waals surface area contributed by atoms with Crippen LogP contribution in [0.4, 0.5) is 0 Å². The van der Waals surface area contributed by atoms with Gasteiger partial charge >= 0.3 is 0 Å². The van der Waals surface area contributed by atoms with E-state index in [0.29, 0.717) is 22.5 Å². The van der Waals surface area contributed by atoms with Gasteiger partial charge in [0.15, 0.2) is 17.5 Å². The van der Waals surface area contributed by atoms with Crippen LogP contribution in [0.25, 0.3) is 67.5 Å². The van der Waals surface area contributed by atoms with Gasteiger partial charge in [-0.2, -0.15) is 0 Å². The molecular weight excluding hydrogens is 787 g/mol. The summed E-state index contributed by atoms with van der Waals surface area (Å²) < 4.78 is 0. The largest absolute Gasteiger partial charge is 0.208 e. The van der Waals surface area contributed by atoms with Crippen LogP contribution in [0.2, 0.25) is 0 Å². The Bertz CT molecular complexity index is 2950. The monoisotopic (exact) mass is 843 g/mol. The predicted molar refractivity (Wildman–Crippen MR) is 262 cm³/mol. The fourth-order valence-corrected chi connectivity index (χ4v) is 16.7. The molecule has 0 aliphatic heterocycles. The zero-order valence-electron chi connectivity index (χ0n) is 37.5. The fourth-order valence-electron chi connectivity index (χ4n) is 16.7. The first-order chi connectivity index (χ1) is 31.9. The Morgan fingerprint density at radius 1 is 0.323 bits per heavy atom. The van der Waals surface area contributed by atoms with Gasteiger partial charge < -0.3 is 0 Å². The maximum Gasteiger partial charge on any atom is 0.164 e. The number of fused-ring (bicyclic) bond motifs is 5. The highest BCUT2D eigenvalue weighted by molar-refractivity contribution is 5.86. The van der Waals surface area contributed by atoms with Crippen molar-refractivity contribution in [3.63, 3.8) is 0 Å². The predicted octanol–water partition coefficient (Wildman–Crippen LogP) is 15.2. The smallest absolute Gasteiger partial charge is 0.164 e. The van der Waals surface area contributed by atoms with Crippen molar-refractivity contribution in [2.45, 2.75) is 106 Å². The summed E-state index contributed by atoms with van der Waals surface area (Å²) in [7, 11) is 0. The molecule has 65 heavy (non-hydrogen) atoms. The average Bonchev–Trinajstić information content (AvgIpc) is 4.10. The van der Waals surface area contributed by atoms with E-state index in [2.05, 4.69) is 140 Å². The molecule has 0 saturated heterocycles. The molecule has 0 N–H and O–H groups in total. The molecular formula is C62H57N3. The lowest BCUT2D eigenvalue weighted by atomic mass is 9.46. The summed E-state index contributed by atoms with van der Waals surface area (Å²) in [5.41, 5.74) is 18.3. The Morgan fingerprint density at radius 2 is 0.754 bits per heavy atom. The first-order valence-electron chi connectivity index (χ1n) is 25.4. The molecule has 9 fully saturated rings. The van der Waals surface area contributed by atoms with Crippen LogP contribution in [0.1, 0.15) is 112 Å². The molecule has 8 bridgehead atoms. The van der Waals surface area contributed by atoms with Crippen molar-refractivity contribution in [3.05, 3.63) is 162 Å². The van der Waals surface area contributed by atoms with Gasteiger partial charge in [0.1, 0.15) is 0 Å². The van der Waals surface area contributed by atoms with Gasteiger partial charge in [0.2, 0.25) is 0 Å². The van der Waals surface area contributed by atoms with E-state index >= 15 is 0 Å². The average molecular weight is 844 g/mol. The summed E-state index contributed by atoms with van der Waals surface area (Å²) in [6, 6.07) is 52.9. The van der Waals surface area contributed by atoms with Gasteiger partial charge in [-0.15, -0.1) is 0 Å². The quantitative estimate of drug-likeness (QED) is 0.160. The van der Waals surface area contributed by atoms with Crippen LogP contribution < -0.4 is 0 Å². The van der Waals surface area contributed by atoms with E-state index in [1.807, 2.05) is 0 Å². The van der Waals surface area contributed by atoms with Crippen LogP contribution in [-0.4, -0.2) is 15.0 Å². The number of benzene rings is 6. The lowest BCUT2D eigenvalue weighted by Gasteiger charge is -2.58. The Hall–Kier alpha value is -5.67. The summed E-state index contributed by atoms with van der Waals surface area (Å²) in [5, 5.41) is 0. The second kappa shape index (κ2) is 13.7. The van der Waals surface area contributed by atoms with Gasteiger partial charge in [0, 0.05) is 22.1 Å². The van der Waals surface area contributed by atoms with E-state index in [-0.39, 0.29) is 5.41 Å². The molecule has 1 heterocycles. The van der Waals surface area contributed by atoms with Crippen molar-refractivity contribution in [1.82, 2.24) is 15.0 Å². The number of nitrogens with zero attached hydrogens (tertiary/aromatic N) is 3. The van der Waals surface area contributed by atoms with Crippen LogP contribution in [0.15, 0.2) is 140 Å². The van der Waals surface area contributed by atoms with E-state index in [4.69, 9.17) is 15.0 Å². The second-order valence-corrected chi connectivity index (χ2v) is 22.9. The van der Waals surface area contributed by atoms with Gasteiger partial charge in [-0.1, -0.05) is 121 Å². The molecule has 0 amide bonds. The maximum atomic E-state index is 5.35. The minimum Gasteiger partial charge on any atom is -0.208 e. The lowest BCUT2D eigenvalue weighted by molar-refractivity contribution is -0.00832. The van der Waals surface area contributed by atoms with Crippen molar-refractivity contribution < 1.29 is 0 Å². The number of aromatic nitrogens is 3. The van der Waals surface area contributed by atoms with Crippen LogP contribution >= 0.6 is 0 Å². The second-order valence-electron chi connectivity index (χ2n) is 22.9. The van der Waals surface area contributed by atoms with Crippen molar-refractivity contribution in [2.75, 3.05) is 0 Å². The summed E-state index contributed by atoms with van der Waals surface area (Å²) in [4.78, 5) is 15.8. The maximum absolute atomic E-state index is 5.35. The van der Waals surface area contributed by atoms with Crippen LogP contribution in [-0.2, 0) is 16.2 Å². The Morgan fingerprint density at radius 3 is 1.29 bits per heavy atom. The summed E-state index contributed by atoms with van der Waals surface area (Å²) in [6.07, 6.45) is 19.8. The lowest BCUT2D eigenvalue weighted by Crippen LogP contribution is -2.50. The molecule has 9 saturated carbocycles. The first kappa shape index (κ1) is 37.5. The highest BCUT2D eigenvalue weighted by atomic mass is 15.0. The molecule has 3 heteroatoms. The van der Waals surface area contributed by atoms with Crippen molar-refractivity contribution >= 4 is 0 Å². The fraction of sp³-hybridized carbons (Fsp3) is 0.371. The van der Waals surface area contributed by atoms with Gasteiger partial charge in [0.25, 0.3) is 0 Å². The highest BCUT2D eigenvalue weighted by Gasteiger charge is 2.55. The molecule has 0 atom stereocenters. The van der Waals surface area contributed by atoms with Crippen LogP contribution in [0, 0.1) is 35.5 Å². The van der Waals surface area contributed by atoms with Crippen molar-refractivity contribution in [2.24, 2.45) is 35.5 Å². The van der Waals surface area contributed by atoms with Crippen molar-refractivity contribution in [1.29, 1.82) is 0 Å². The first-order valence-corrected chi connectivity index (χ1v) is 25.4. The molecule has 7 aromatic rings. The number of hydrogen-bond donors (Lipinski definition) is 0. The van der Waals surface area contributed by atoms with E-state index < -0.39 is 0 Å². The Kier molecular flexibility index (Phi) is 7.91.